The SMILES string of the molecule is C#CCOc1cc(CN=C(N)Nc2ccccc2COC)ccc1OC.I. The summed E-state index contributed by atoms with van der Waals surface area (Å²) in [5.41, 5.74) is 8.80. The van der Waals surface area contributed by atoms with Crippen LogP contribution in [-0.2, 0) is 17.9 Å². The van der Waals surface area contributed by atoms with Crippen molar-refractivity contribution in [3.8, 4) is 23.8 Å². The number of nitrogens with one attached hydrogen (secondary N) is 1. The molecule has 0 spiro atoms. The molecule has 0 heterocycles. The Morgan fingerprint density at radius 2 is 1.96 bits per heavy atom. The Morgan fingerprint density at radius 3 is 2.67 bits per heavy atom. The first-order valence-corrected chi connectivity index (χ1v) is 8.05. The second-order valence-electron chi connectivity index (χ2n) is 5.39. The van der Waals surface area contributed by atoms with Gasteiger partial charge in [0.05, 0.1) is 20.3 Å². The number of rotatable bonds is 8. The molecule has 0 aliphatic rings. The van der Waals surface area contributed by atoms with Gasteiger partial charge in [0, 0.05) is 18.4 Å². The summed E-state index contributed by atoms with van der Waals surface area (Å²) in [7, 11) is 3.23. The summed E-state index contributed by atoms with van der Waals surface area (Å²) in [5, 5.41) is 3.10. The summed E-state index contributed by atoms with van der Waals surface area (Å²) in [6, 6.07) is 13.3. The van der Waals surface area contributed by atoms with Gasteiger partial charge < -0.3 is 25.3 Å². The smallest absolute Gasteiger partial charge is 0.193 e. The van der Waals surface area contributed by atoms with Gasteiger partial charge in [0.15, 0.2) is 17.5 Å². The number of terminal acetylenes is 1. The van der Waals surface area contributed by atoms with Gasteiger partial charge in [0.2, 0.25) is 0 Å². The second-order valence-corrected chi connectivity index (χ2v) is 5.39. The fraction of sp³-hybridized carbons (Fsp3) is 0.250. The van der Waals surface area contributed by atoms with Crippen molar-refractivity contribution in [1.82, 2.24) is 0 Å². The third-order valence-corrected chi connectivity index (χ3v) is 3.55. The minimum absolute atomic E-state index is 0. The summed E-state index contributed by atoms with van der Waals surface area (Å²) in [6.45, 7) is 1.05. The Balaban J connectivity index is 0.00000364. The lowest BCUT2D eigenvalue weighted by molar-refractivity contribution is 0.185. The van der Waals surface area contributed by atoms with Crippen LogP contribution in [0.3, 0.4) is 0 Å². The maximum Gasteiger partial charge on any atom is 0.193 e. The van der Waals surface area contributed by atoms with E-state index in [1.807, 2.05) is 42.5 Å². The molecule has 0 radical (unpaired) electrons. The first-order valence-electron chi connectivity index (χ1n) is 8.05. The van der Waals surface area contributed by atoms with Gasteiger partial charge in [-0.1, -0.05) is 30.2 Å². The third-order valence-electron chi connectivity index (χ3n) is 3.55. The number of anilines is 1. The Labute approximate surface area is 177 Å². The minimum Gasteiger partial charge on any atom is -0.493 e. The molecule has 0 aliphatic heterocycles. The van der Waals surface area contributed by atoms with Crippen LogP contribution in [0.1, 0.15) is 11.1 Å². The maximum absolute atomic E-state index is 6.01. The number of guanidine groups is 1. The number of para-hydroxylation sites is 1. The van der Waals surface area contributed by atoms with Gasteiger partial charge in [-0.25, -0.2) is 4.99 Å². The van der Waals surface area contributed by atoms with Crippen LogP contribution in [-0.4, -0.2) is 26.8 Å². The van der Waals surface area contributed by atoms with Crippen LogP contribution in [0.25, 0.3) is 0 Å². The molecule has 144 valence electrons. The normalized spacial score (nSPS) is 10.5. The molecule has 0 aromatic heterocycles. The van der Waals surface area contributed by atoms with Gasteiger partial charge >= 0.3 is 0 Å². The van der Waals surface area contributed by atoms with Crippen molar-refractivity contribution in [2.24, 2.45) is 10.7 Å². The molecular weight excluding hydrogens is 457 g/mol. The van der Waals surface area contributed by atoms with Gasteiger partial charge in [0.1, 0.15) is 6.61 Å². The Hall–Kier alpha value is -2.44. The molecular formula is C20H24IN3O3. The lowest BCUT2D eigenvalue weighted by Crippen LogP contribution is -2.23. The van der Waals surface area contributed by atoms with Crippen LogP contribution < -0.4 is 20.5 Å². The van der Waals surface area contributed by atoms with E-state index in [1.54, 1.807) is 14.2 Å². The van der Waals surface area contributed by atoms with Gasteiger partial charge in [0.25, 0.3) is 0 Å². The number of benzene rings is 2. The molecule has 0 unspecified atom stereocenters. The Bertz CT molecular complexity index is 803. The number of nitrogens with two attached hydrogens (primary N) is 1. The minimum atomic E-state index is 0. The number of hydrogen-bond donors (Lipinski definition) is 2. The molecule has 2 aromatic rings. The van der Waals surface area contributed by atoms with Crippen molar-refractivity contribution in [3.63, 3.8) is 0 Å². The van der Waals surface area contributed by atoms with Crippen molar-refractivity contribution in [2.45, 2.75) is 13.2 Å². The molecule has 2 aromatic carbocycles. The number of hydrogen-bond acceptors (Lipinski definition) is 4. The molecule has 7 heteroatoms. The lowest BCUT2D eigenvalue weighted by Gasteiger charge is -2.12. The van der Waals surface area contributed by atoms with E-state index in [1.165, 1.54) is 0 Å². The highest BCUT2D eigenvalue weighted by atomic mass is 127. The molecule has 2 rings (SSSR count). The van der Waals surface area contributed by atoms with Crippen molar-refractivity contribution in [2.75, 3.05) is 26.1 Å². The van der Waals surface area contributed by atoms with Crippen LogP contribution in [0, 0.1) is 12.3 Å². The molecule has 0 fully saturated rings. The fourth-order valence-corrected chi connectivity index (χ4v) is 2.33. The molecule has 0 aliphatic carbocycles. The average molecular weight is 481 g/mol. The molecule has 0 saturated carbocycles. The van der Waals surface area contributed by atoms with E-state index < -0.39 is 0 Å². The highest BCUT2D eigenvalue weighted by Crippen LogP contribution is 2.28. The van der Waals surface area contributed by atoms with E-state index in [2.05, 4.69) is 16.2 Å². The fourth-order valence-electron chi connectivity index (χ4n) is 2.33. The summed E-state index contributed by atoms with van der Waals surface area (Å²) < 4.78 is 15.9. The average Bonchev–Trinajstić information content (AvgIpc) is 2.66. The molecule has 3 N–H and O–H groups in total. The van der Waals surface area contributed by atoms with E-state index in [4.69, 9.17) is 26.4 Å². The van der Waals surface area contributed by atoms with E-state index in [9.17, 15) is 0 Å². The Kier molecular flexibility index (Phi) is 10.1. The first kappa shape index (κ1) is 22.6. The second kappa shape index (κ2) is 12.0. The highest BCUT2D eigenvalue weighted by Gasteiger charge is 2.06. The summed E-state index contributed by atoms with van der Waals surface area (Å²) in [5.74, 6) is 3.95. The molecule has 6 nitrogen and oxygen atoms in total. The first-order chi connectivity index (χ1) is 12.7. The van der Waals surface area contributed by atoms with Crippen LogP contribution in [0.2, 0.25) is 0 Å². The number of ether oxygens (including phenoxy) is 3. The van der Waals surface area contributed by atoms with E-state index in [0.29, 0.717) is 30.6 Å². The van der Waals surface area contributed by atoms with Gasteiger partial charge in [-0.3, -0.25) is 0 Å². The van der Waals surface area contributed by atoms with Gasteiger partial charge in [-0.15, -0.1) is 30.4 Å². The quantitative estimate of drug-likeness (QED) is 0.262. The number of halogens is 1. The summed E-state index contributed by atoms with van der Waals surface area (Å²) >= 11 is 0. The number of nitrogens with zero attached hydrogens (tertiary/aromatic N) is 1. The summed E-state index contributed by atoms with van der Waals surface area (Å²) in [6.07, 6.45) is 5.24. The third kappa shape index (κ3) is 7.00. The standard InChI is InChI=1S/C20H23N3O3.HI/c1-4-11-26-19-12-15(9-10-18(19)25-3)13-22-20(21)23-17-8-6-5-7-16(17)14-24-2;/h1,5-10,12H,11,13-14H2,2-3H3,(H3,21,22,23);1H. The van der Waals surface area contributed by atoms with Gasteiger partial charge in [-0.05, 0) is 23.8 Å². The zero-order chi connectivity index (χ0) is 18.8. The van der Waals surface area contributed by atoms with Crippen LogP contribution in [0.15, 0.2) is 47.5 Å². The largest absolute Gasteiger partial charge is 0.493 e. The highest BCUT2D eigenvalue weighted by molar-refractivity contribution is 14.0. The van der Waals surface area contributed by atoms with Crippen molar-refractivity contribution >= 4 is 35.6 Å². The predicted molar refractivity (Wildman–Crippen MR) is 119 cm³/mol. The molecule has 0 amide bonds. The number of methoxy groups -OCH3 is 2. The van der Waals surface area contributed by atoms with Crippen molar-refractivity contribution < 1.29 is 14.2 Å². The van der Waals surface area contributed by atoms with Crippen molar-refractivity contribution in [3.05, 3.63) is 53.6 Å². The van der Waals surface area contributed by atoms with Crippen LogP contribution >= 0.6 is 24.0 Å². The van der Waals surface area contributed by atoms with Gasteiger partial charge in [-0.2, -0.15) is 0 Å². The van der Waals surface area contributed by atoms with E-state index in [-0.39, 0.29) is 30.6 Å². The van der Waals surface area contributed by atoms with Crippen LogP contribution in [0.5, 0.6) is 11.5 Å². The lowest BCUT2D eigenvalue weighted by atomic mass is 10.2. The maximum atomic E-state index is 6.01. The zero-order valence-electron chi connectivity index (χ0n) is 15.4. The molecule has 27 heavy (non-hydrogen) atoms. The summed E-state index contributed by atoms with van der Waals surface area (Å²) in [4.78, 5) is 4.37. The molecule has 0 bridgehead atoms. The molecule has 0 saturated heterocycles. The van der Waals surface area contributed by atoms with Crippen molar-refractivity contribution in [1.29, 1.82) is 0 Å². The zero-order valence-corrected chi connectivity index (χ0v) is 17.7. The van der Waals surface area contributed by atoms with Crippen LogP contribution in [0.4, 0.5) is 5.69 Å². The number of aliphatic imine (C=N–C) groups is 1. The topological polar surface area (TPSA) is 78.1 Å². The molecule has 0 atom stereocenters. The Morgan fingerprint density at radius 1 is 1.19 bits per heavy atom. The monoisotopic (exact) mass is 481 g/mol. The van der Waals surface area contributed by atoms with E-state index in [0.717, 1.165) is 16.8 Å². The predicted octanol–water partition coefficient (Wildman–Crippen LogP) is 3.40. The van der Waals surface area contributed by atoms with E-state index >= 15 is 0 Å².